The van der Waals surface area contributed by atoms with Gasteiger partial charge in [-0.3, -0.25) is 4.90 Å². The van der Waals surface area contributed by atoms with Gasteiger partial charge in [-0.2, -0.15) is 4.98 Å². The van der Waals surface area contributed by atoms with Crippen LogP contribution in [-0.4, -0.2) is 46.3 Å². The van der Waals surface area contributed by atoms with Crippen LogP contribution in [0.15, 0.2) is 24.4 Å². The highest BCUT2D eigenvalue weighted by Crippen LogP contribution is 2.51. The van der Waals surface area contributed by atoms with Gasteiger partial charge in [-0.1, -0.05) is 18.6 Å². The van der Waals surface area contributed by atoms with E-state index >= 15 is 0 Å². The third-order valence-corrected chi connectivity index (χ3v) is 6.45. The summed E-state index contributed by atoms with van der Waals surface area (Å²) in [5, 5.41) is 12.0. The van der Waals surface area contributed by atoms with E-state index in [1.165, 1.54) is 6.07 Å². The Kier molecular flexibility index (Phi) is 6.39. The van der Waals surface area contributed by atoms with Crippen LogP contribution in [0.1, 0.15) is 44.2 Å². The first-order chi connectivity index (χ1) is 15.0. The molecule has 0 spiro atoms. The molecule has 2 fully saturated rings. The summed E-state index contributed by atoms with van der Waals surface area (Å²) in [6.45, 7) is 6.02. The lowest BCUT2D eigenvalue weighted by Crippen LogP contribution is -2.58. The number of piperidine rings is 1. The van der Waals surface area contributed by atoms with E-state index in [0.29, 0.717) is 49.9 Å². The number of ether oxygens (including phenoxy) is 2. The van der Waals surface area contributed by atoms with Crippen molar-refractivity contribution in [3.63, 3.8) is 0 Å². The second-order valence-corrected chi connectivity index (χ2v) is 8.29. The summed E-state index contributed by atoms with van der Waals surface area (Å²) in [4.78, 5) is 10.8. The summed E-state index contributed by atoms with van der Waals surface area (Å²) >= 11 is 0. The first-order valence-corrected chi connectivity index (χ1v) is 11.0. The van der Waals surface area contributed by atoms with Crippen molar-refractivity contribution >= 4 is 0 Å². The lowest BCUT2D eigenvalue weighted by atomic mass is 9.63. The van der Waals surface area contributed by atoms with Crippen molar-refractivity contribution in [1.82, 2.24) is 14.9 Å². The zero-order valence-electron chi connectivity index (χ0n) is 18.0. The quantitative estimate of drug-likeness (QED) is 0.719. The normalized spacial score (nSPS) is 26.0. The molecule has 1 saturated carbocycles. The molecule has 1 saturated heterocycles. The highest BCUT2D eigenvalue weighted by molar-refractivity contribution is 5.34. The summed E-state index contributed by atoms with van der Waals surface area (Å²) in [5.74, 6) is -1.45. The fourth-order valence-electron chi connectivity index (χ4n) is 5.09. The third-order valence-electron chi connectivity index (χ3n) is 6.45. The van der Waals surface area contributed by atoms with Crippen molar-refractivity contribution in [2.24, 2.45) is 11.8 Å². The van der Waals surface area contributed by atoms with Crippen molar-refractivity contribution in [1.29, 1.82) is 0 Å². The third kappa shape index (κ3) is 4.11. The van der Waals surface area contributed by atoms with Crippen LogP contribution in [0, 0.1) is 23.5 Å². The van der Waals surface area contributed by atoms with E-state index in [1.807, 2.05) is 13.8 Å². The van der Waals surface area contributed by atoms with Crippen LogP contribution in [0.5, 0.6) is 11.9 Å². The molecule has 1 aromatic carbocycles. The number of hydrogen-bond acceptors (Lipinski definition) is 6. The monoisotopic (exact) mass is 433 g/mol. The van der Waals surface area contributed by atoms with Gasteiger partial charge >= 0.3 is 6.01 Å². The molecule has 1 aliphatic heterocycles. The maximum absolute atomic E-state index is 14.2. The van der Waals surface area contributed by atoms with Crippen molar-refractivity contribution in [2.75, 3.05) is 26.3 Å². The van der Waals surface area contributed by atoms with E-state index in [1.54, 1.807) is 12.3 Å². The van der Waals surface area contributed by atoms with Gasteiger partial charge in [0, 0.05) is 43.2 Å². The number of likely N-dealkylation sites (tertiary alicyclic amines) is 1. The molecule has 0 radical (unpaired) electrons. The summed E-state index contributed by atoms with van der Waals surface area (Å²) in [7, 11) is 0. The van der Waals surface area contributed by atoms with Crippen molar-refractivity contribution in [3.8, 4) is 11.9 Å². The summed E-state index contributed by atoms with van der Waals surface area (Å²) in [6, 6.07) is 4.50. The van der Waals surface area contributed by atoms with Crippen LogP contribution in [-0.2, 0) is 12.1 Å². The van der Waals surface area contributed by atoms with Crippen molar-refractivity contribution in [3.05, 3.63) is 47.2 Å². The molecular formula is C23H29F2N3O3. The number of hydrogen-bond donors (Lipinski definition) is 1. The second kappa shape index (κ2) is 9.04. The van der Waals surface area contributed by atoms with Crippen LogP contribution in [0.4, 0.5) is 8.78 Å². The summed E-state index contributed by atoms with van der Waals surface area (Å²) in [6.07, 6.45) is 4.29. The lowest BCUT2D eigenvalue weighted by molar-refractivity contribution is -0.150. The van der Waals surface area contributed by atoms with E-state index in [9.17, 15) is 13.9 Å². The average Bonchev–Trinajstić information content (AvgIpc) is 2.73. The van der Waals surface area contributed by atoms with E-state index in [4.69, 9.17) is 9.47 Å². The first-order valence-electron chi connectivity index (χ1n) is 11.0. The topological polar surface area (TPSA) is 67.7 Å². The Hall–Kier alpha value is -2.32. The number of nitrogens with zero attached hydrogens (tertiary/aromatic N) is 3. The van der Waals surface area contributed by atoms with Gasteiger partial charge < -0.3 is 14.6 Å². The smallest absolute Gasteiger partial charge is 0.319 e. The fraction of sp³-hybridized carbons (Fsp3) is 0.565. The summed E-state index contributed by atoms with van der Waals surface area (Å²) < 4.78 is 39.0. The predicted octanol–water partition coefficient (Wildman–Crippen LogP) is 3.67. The average molecular weight is 433 g/mol. The van der Waals surface area contributed by atoms with E-state index in [2.05, 4.69) is 14.9 Å². The van der Waals surface area contributed by atoms with Gasteiger partial charge in [0.2, 0.25) is 5.88 Å². The Morgan fingerprint density at radius 1 is 1.13 bits per heavy atom. The Morgan fingerprint density at radius 2 is 1.84 bits per heavy atom. The first kappa shape index (κ1) is 21.9. The zero-order valence-corrected chi connectivity index (χ0v) is 18.0. The largest absolute Gasteiger partial charge is 0.478 e. The van der Waals surface area contributed by atoms with Crippen molar-refractivity contribution in [2.45, 2.75) is 45.3 Å². The zero-order chi connectivity index (χ0) is 22.0. The standard InChI is InChI=1S/C23H29F2N3O3/c1-3-30-21-18(11-26-22(27-21)31-4-2)23(29)16-8-6-9-17(23)14-28(13-16)12-15-7-5-10-19(24)20(15)25/h5,7,10-11,16-17,29H,3-4,6,8-9,12-14H2,1-2H3/t16-,17-/m0/s1. The van der Waals surface area contributed by atoms with Gasteiger partial charge in [0.1, 0.15) is 5.60 Å². The number of rotatable bonds is 7. The van der Waals surface area contributed by atoms with Gasteiger partial charge in [0.25, 0.3) is 0 Å². The number of halogens is 2. The van der Waals surface area contributed by atoms with Gasteiger partial charge in [-0.05, 0) is 32.8 Å². The maximum atomic E-state index is 14.2. The molecule has 168 valence electrons. The molecule has 4 rings (SSSR count). The van der Waals surface area contributed by atoms with Crippen LogP contribution in [0.25, 0.3) is 0 Å². The molecule has 31 heavy (non-hydrogen) atoms. The van der Waals surface area contributed by atoms with Gasteiger partial charge in [-0.25, -0.2) is 13.8 Å². The molecule has 0 unspecified atom stereocenters. The number of benzene rings is 1. The minimum atomic E-state index is -1.13. The SMILES string of the molecule is CCOc1ncc(C2(O)[C@H]3CCC[C@H]2CN(Cc2cccc(F)c2F)C3)c(OCC)n1. The molecule has 1 aliphatic carbocycles. The Morgan fingerprint density at radius 3 is 2.52 bits per heavy atom. The molecule has 2 aliphatic rings. The predicted molar refractivity (Wildman–Crippen MR) is 111 cm³/mol. The molecule has 8 heteroatoms. The van der Waals surface area contributed by atoms with Crippen LogP contribution in [0.2, 0.25) is 0 Å². The Balaban J connectivity index is 1.62. The van der Waals surface area contributed by atoms with E-state index in [0.717, 1.165) is 25.3 Å². The molecule has 2 aromatic rings. The highest BCUT2D eigenvalue weighted by atomic mass is 19.2. The second-order valence-electron chi connectivity index (χ2n) is 8.29. The van der Waals surface area contributed by atoms with Crippen LogP contribution in [0.3, 0.4) is 0 Å². The molecule has 6 nitrogen and oxygen atoms in total. The highest BCUT2D eigenvalue weighted by Gasteiger charge is 2.53. The number of aromatic nitrogens is 2. The lowest BCUT2D eigenvalue weighted by Gasteiger charge is -2.53. The van der Waals surface area contributed by atoms with E-state index < -0.39 is 17.2 Å². The fourth-order valence-corrected chi connectivity index (χ4v) is 5.09. The van der Waals surface area contributed by atoms with Crippen LogP contribution >= 0.6 is 0 Å². The Bertz CT molecular complexity index is 913. The summed E-state index contributed by atoms with van der Waals surface area (Å²) in [5.41, 5.74) is -0.211. The number of aliphatic hydroxyl groups is 1. The van der Waals surface area contributed by atoms with Gasteiger partial charge in [0.15, 0.2) is 11.6 Å². The molecular weight excluding hydrogens is 404 g/mol. The van der Waals surface area contributed by atoms with Gasteiger partial charge in [-0.15, -0.1) is 0 Å². The maximum Gasteiger partial charge on any atom is 0.319 e. The van der Waals surface area contributed by atoms with Gasteiger partial charge in [0.05, 0.1) is 18.8 Å². The minimum Gasteiger partial charge on any atom is -0.478 e. The molecule has 2 heterocycles. The minimum absolute atomic E-state index is 0.0858. The molecule has 0 amide bonds. The Labute approximate surface area is 181 Å². The molecule has 2 atom stereocenters. The molecule has 1 aromatic heterocycles. The van der Waals surface area contributed by atoms with Crippen molar-refractivity contribution < 1.29 is 23.4 Å². The van der Waals surface area contributed by atoms with E-state index in [-0.39, 0.29) is 17.8 Å². The van der Waals surface area contributed by atoms with Crippen LogP contribution < -0.4 is 9.47 Å². The number of fused-ring (bicyclic) bond motifs is 2. The molecule has 2 bridgehead atoms. The molecule has 1 N–H and O–H groups in total.